The van der Waals surface area contributed by atoms with Crippen LogP contribution in [0.15, 0.2) is 66.7 Å². The molecule has 0 aliphatic rings. The average molecular weight is 473 g/mol. The zero-order valence-corrected chi connectivity index (χ0v) is 19.7. The van der Waals surface area contributed by atoms with Crippen LogP contribution in [0, 0.1) is 0 Å². The van der Waals surface area contributed by atoms with Crippen molar-refractivity contribution in [1.82, 2.24) is 5.32 Å². The number of rotatable bonds is 8. The van der Waals surface area contributed by atoms with Crippen LogP contribution in [0.4, 0.5) is 0 Å². The highest BCUT2D eigenvalue weighted by molar-refractivity contribution is 6.30. The molecule has 0 aromatic heterocycles. The second-order valence-corrected chi connectivity index (χ2v) is 8.48. The number of benzene rings is 3. The lowest BCUT2D eigenvalue weighted by Gasteiger charge is -2.27. The fourth-order valence-electron chi connectivity index (χ4n) is 3.32. The quantitative estimate of drug-likeness (QED) is 0.424. The Kier molecular flexibility index (Phi) is 8.02. The summed E-state index contributed by atoms with van der Waals surface area (Å²) in [4.78, 5) is 13.4. The molecule has 3 aromatic carbocycles. The molecule has 0 aliphatic carbocycles. The van der Waals surface area contributed by atoms with E-state index < -0.39 is 12.1 Å². The third-order valence-corrected chi connectivity index (χ3v) is 5.43. The molecule has 0 aliphatic heterocycles. The van der Waals surface area contributed by atoms with Gasteiger partial charge in [-0.25, -0.2) is 0 Å². The fraction of sp³-hybridized carbons (Fsp3) is 0.240. The van der Waals surface area contributed by atoms with Gasteiger partial charge in [0.05, 0.1) is 30.9 Å². The maximum atomic E-state index is 13.4. The van der Waals surface area contributed by atoms with Gasteiger partial charge in [-0.1, -0.05) is 47.5 Å². The smallest absolute Gasteiger partial charge is 0.255 e. The van der Waals surface area contributed by atoms with Gasteiger partial charge in [-0.2, -0.15) is 0 Å². The van der Waals surface area contributed by atoms with Gasteiger partial charge in [0.1, 0.15) is 11.5 Å². The van der Waals surface area contributed by atoms with Crippen molar-refractivity contribution in [2.24, 2.45) is 5.73 Å². The number of nitrogens with two attached hydrogens (primary N) is 1. The first-order valence-electron chi connectivity index (χ1n) is 10.2. The summed E-state index contributed by atoms with van der Waals surface area (Å²) in [5.74, 6) is 0.726. The first-order chi connectivity index (χ1) is 15.3. The van der Waals surface area contributed by atoms with E-state index in [-0.39, 0.29) is 12.0 Å². The van der Waals surface area contributed by atoms with E-state index in [0.717, 1.165) is 11.1 Å². The molecule has 32 heavy (non-hydrogen) atoms. The number of ether oxygens (including phenoxy) is 2. The van der Waals surface area contributed by atoms with Crippen LogP contribution in [0.5, 0.6) is 11.5 Å². The van der Waals surface area contributed by atoms with Gasteiger partial charge in [0.25, 0.3) is 5.91 Å². The van der Waals surface area contributed by atoms with Gasteiger partial charge in [0, 0.05) is 16.1 Å². The fourth-order valence-corrected chi connectivity index (χ4v) is 3.57. The summed E-state index contributed by atoms with van der Waals surface area (Å²) in [5.41, 5.74) is 8.66. The lowest BCUT2D eigenvalue weighted by atomic mass is 9.93. The van der Waals surface area contributed by atoms with Crippen LogP contribution in [0.1, 0.15) is 47.4 Å². The molecule has 0 spiro atoms. The van der Waals surface area contributed by atoms with Crippen LogP contribution in [0.2, 0.25) is 10.0 Å². The van der Waals surface area contributed by atoms with Crippen LogP contribution in [0.25, 0.3) is 0 Å². The van der Waals surface area contributed by atoms with Crippen LogP contribution in [0.3, 0.4) is 0 Å². The van der Waals surface area contributed by atoms with E-state index in [1.165, 1.54) is 0 Å². The van der Waals surface area contributed by atoms with E-state index in [4.69, 9.17) is 38.4 Å². The third-order valence-electron chi connectivity index (χ3n) is 4.93. The van der Waals surface area contributed by atoms with Gasteiger partial charge in [-0.15, -0.1) is 0 Å². The summed E-state index contributed by atoms with van der Waals surface area (Å²) >= 11 is 12.1. The number of amides is 1. The molecule has 0 saturated heterocycles. The van der Waals surface area contributed by atoms with E-state index in [9.17, 15) is 4.79 Å². The van der Waals surface area contributed by atoms with Crippen LogP contribution in [-0.4, -0.2) is 19.1 Å². The number of halogens is 2. The number of hydrogen-bond acceptors (Lipinski definition) is 4. The number of carbonyl (C=O) groups excluding carboxylic acids is 1. The van der Waals surface area contributed by atoms with Crippen LogP contribution in [-0.2, 0) is 0 Å². The summed E-state index contributed by atoms with van der Waals surface area (Å²) in [6, 6.07) is 18.5. The Labute approximate surface area is 198 Å². The molecule has 3 N–H and O–H groups in total. The van der Waals surface area contributed by atoms with Crippen LogP contribution < -0.4 is 20.5 Å². The minimum Gasteiger partial charge on any atom is -0.497 e. The topological polar surface area (TPSA) is 73.6 Å². The van der Waals surface area contributed by atoms with Crippen molar-refractivity contribution < 1.29 is 14.3 Å². The van der Waals surface area contributed by atoms with Gasteiger partial charge in [-0.3, -0.25) is 4.79 Å². The Balaban J connectivity index is 1.96. The molecule has 0 heterocycles. The standard InChI is InChI=1S/C25H26Cl2N2O3/c1-15(2)32-22-14-20(31-3)12-13-21(22)25(30)29-24(17-6-10-19(27)11-7-17)23(28)16-4-8-18(26)9-5-16/h4-15,23-24H,28H2,1-3H3,(H,29,30). The predicted octanol–water partition coefficient (Wildman–Crippen LogP) is 5.96. The third kappa shape index (κ3) is 5.94. The van der Waals surface area contributed by atoms with Crippen molar-refractivity contribution in [1.29, 1.82) is 0 Å². The van der Waals surface area contributed by atoms with E-state index in [2.05, 4.69) is 5.32 Å². The summed E-state index contributed by atoms with van der Waals surface area (Å²) in [7, 11) is 1.57. The first-order valence-corrected chi connectivity index (χ1v) is 11.0. The number of nitrogens with one attached hydrogen (secondary N) is 1. The molecule has 3 aromatic rings. The lowest BCUT2D eigenvalue weighted by molar-refractivity contribution is 0.0924. The van der Waals surface area contributed by atoms with Crippen molar-refractivity contribution in [2.45, 2.75) is 32.0 Å². The maximum absolute atomic E-state index is 13.4. The molecular formula is C25H26Cl2N2O3. The Morgan fingerprint density at radius 2 is 1.47 bits per heavy atom. The second kappa shape index (κ2) is 10.7. The summed E-state index contributed by atoms with van der Waals surface area (Å²) in [5, 5.41) is 4.28. The van der Waals surface area contributed by atoms with Gasteiger partial charge in [0.15, 0.2) is 0 Å². The number of carbonyl (C=O) groups is 1. The summed E-state index contributed by atoms with van der Waals surface area (Å²) in [6.07, 6.45) is -0.114. The number of methoxy groups -OCH3 is 1. The Morgan fingerprint density at radius 1 is 0.906 bits per heavy atom. The SMILES string of the molecule is COc1ccc(C(=O)NC(c2ccc(Cl)cc2)C(N)c2ccc(Cl)cc2)c(OC(C)C)c1. The Hall–Kier alpha value is -2.73. The second-order valence-electron chi connectivity index (χ2n) is 7.61. The Bertz CT molecular complexity index is 1050. The monoisotopic (exact) mass is 472 g/mol. The molecule has 0 bridgehead atoms. The average Bonchev–Trinajstić information content (AvgIpc) is 2.77. The molecule has 7 heteroatoms. The molecule has 0 saturated carbocycles. The molecular weight excluding hydrogens is 447 g/mol. The van der Waals surface area contributed by atoms with Gasteiger partial charge in [0.2, 0.25) is 0 Å². The molecule has 168 valence electrons. The van der Waals surface area contributed by atoms with E-state index in [0.29, 0.717) is 27.1 Å². The van der Waals surface area contributed by atoms with Crippen molar-refractivity contribution in [2.75, 3.05) is 7.11 Å². The predicted molar refractivity (Wildman–Crippen MR) is 129 cm³/mol. The molecule has 2 atom stereocenters. The minimum absolute atomic E-state index is 0.114. The molecule has 1 amide bonds. The molecule has 0 fully saturated rings. The number of hydrogen-bond donors (Lipinski definition) is 2. The normalized spacial score (nSPS) is 12.8. The summed E-state index contributed by atoms with van der Waals surface area (Å²) in [6.45, 7) is 3.79. The Morgan fingerprint density at radius 3 is 2.00 bits per heavy atom. The maximum Gasteiger partial charge on any atom is 0.255 e. The summed E-state index contributed by atoms with van der Waals surface area (Å²) < 4.78 is 11.1. The highest BCUT2D eigenvalue weighted by Gasteiger charge is 2.26. The highest BCUT2D eigenvalue weighted by atomic mass is 35.5. The zero-order chi connectivity index (χ0) is 23.3. The van der Waals surface area contributed by atoms with Crippen molar-refractivity contribution in [3.8, 4) is 11.5 Å². The van der Waals surface area contributed by atoms with Gasteiger partial charge < -0.3 is 20.5 Å². The lowest BCUT2D eigenvalue weighted by Crippen LogP contribution is -2.36. The largest absolute Gasteiger partial charge is 0.497 e. The molecule has 3 rings (SSSR count). The van der Waals surface area contributed by atoms with Gasteiger partial charge >= 0.3 is 0 Å². The van der Waals surface area contributed by atoms with E-state index >= 15 is 0 Å². The van der Waals surface area contributed by atoms with Crippen molar-refractivity contribution in [3.05, 3.63) is 93.5 Å². The van der Waals surface area contributed by atoms with E-state index in [1.807, 2.05) is 38.1 Å². The van der Waals surface area contributed by atoms with Gasteiger partial charge in [-0.05, 0) is 61.4 Å². The molecule has 5 nitrogen and oxygen atoms in total. The van der Waals surface area contributed by atoms with Crippen molar-refractivity contribution >= 4 is 29.1 Å². The van der Waals surface area contributed by atoms with Crippen LogP contribution >= 0.6 is 23.2 Å². The first kappa shape index (κ1) is 23.9. The molecule has 0 radical (unpaired) electrons. The highest BCUT2D eigenvalue weighted by Crippen LogP contribution is 2.31. The van der Waals surface area contributed by atoms with E-state index in [1.54, 1.807) is 49.6 Å². The van der Waals surface area contributed by atoms with Crippen molar-refractivity contribution in [3.63, 3.8) is 0 Å². The molecule has 2 unspecified atom stereocenters. The zero-order valence-electron chi connectivity index (χ0n) is 18.1. The minimum atomic E-state index is -0.523.